The van der Waals surface area contributed by atoms with E-state index >= 15 is 0 Å². The molecule has 1 aliphatic heterocycles. The highest BCUT2D eigenvalue weighted by Crippen LogP contribution is 2.30. The number of piperidine rings is 1. The number of rotatable bonds is 4. The molecule has 5 nitrogen and oxygen atoms in total. The van der Waals surface area contributed by atoms with Crippen LogP contribution in [-0.4, -0.2) is 37.8 Å². The SMILES string of the molecule is O=S(=O)(NC1CCN(c2cccc(C(F)(F)F)n2)CC1)C1CC1. The second kappa shape index (κ2) is 5.94. The van der Waals surface area contributed by atoms with Gasteiger partial charge in [-0.3, -0.25) is 0 Å². The Bertz CT molecular complexity index is 666. The van der Waals surface area contributed by atoms with Crippen molar-refractivity contribution in [2.24, 2.45) is 0 Å². The molecule has 0 bridgehead atoms. The van der Waals surface area contributed by atoms with Crippen LogP contribution >= 0.6 is 0 Å². The van der Waals surface area contributed by atoms with Gasteiger partial charge in [0.15, 0.2) is 0 Å². The van der Waals surface area contributed by atoms with Gasteiger partial charge < -0.3 is 4.90 Å². The van der Waals surface area contributed by atoms with E-state index in [0.29, 0.717) is 38.8 Å². The molecule has 1 aliphatic carbocycles. The fourth-order valence-electron chi connectivity index (χ4n) is 2.69. The van der Waals surface area contributed by atoms with Gasteiger partial charge in [0.25, 0.3) is 0 Å². The molecule has 1 aromatic rings. The Morgan fingerprint density at radius 3 is 2.35 bits per heavy atom. The minimum atomic E-state index is -4.46. The van der Waals surface area contributed by atoms with Crippen LogP contribution in [0.1, 0.15) is 31.4 Å². The standard InChI is InChI=1S/C14H18F3N3O2S/c15-14(16,17)12-2-1-3-13(18-12)20-8-6-10(7-9-20)19-23(21,22)11-4-5-11/h1-3,10-11,19H,4-9H2. The van der Waals surface area contributed by atoms with E-state index in [-0.39, 0.29) is 17.1 Å². The Morgan fingerprint density at radius 2 is 1.78 bits per heavy atom. The lowest BCUT2D eigenvalue weighted by atomic mass is 10.1. The quantitative estimate of drug-likeness (QED) is 0.905. The molecule has 1 saturated heterocycles. The van der Waals surface area contributed by atoms with Crippen molar-refractivity contribution in [3.05, 3.63) is 23.9 Å². The van der Waals surface area contributed by atoms with E-state index in [2.05, 4.69) is 9.71 Å². The first-order valence-electron chi connectivity index (χ1n) is 7.56. The fourth-order valence-corrected chi connectivity index (χ4v) is 4.34. The monoisotopic (exact) mass is 349 g/mol. The van der Waals surface area contributed by atoms with Crippen LogP contribution in [0.5, 0.6) is 0 Å². The summed E-state index contributed by atoms with van der Waals surface area (Å²) in [6, 6.07) is 3.68. The molecule has 2 fully saturated rings. The van der Waals surface area contributed by atoms with Crippen molar-refractivity contribution in [3.63, 3.8) is 0 Å². The van der Waals surface area contributed by atoms with Crippen LogP contribution in [-0.2, 0) is 16.2 Å². The fraction of sp³-hybridized carbons (Fsp3) is 0.643. The summed E-state index contributed by atoms with van der Waals surface area (Å²) in [5.41, 5.74) is -0.911. The van der Waals surface area contributed by atoms with Crippen LogP contribution in [0.4, 0.5) is 19.0 Å². The molecule has 0 amide bonds. The van der Waals surface area contributed by atoms with Crippen LogP contribution in [0.2, 0.25) is 0 Å². The van der Waals surface area contributed by atoms with Crippen molar-refractivity contribution in [3.8, 4) is 0 Å². The summed E-state index contributed by atoms with van der Waals surface area (Å²) in [4.78, 5) is 5.43. The average Bonchev–Trinajstić information content (AvgIpc) is 3.32. The minimum absolute atomic E-state index is 0.150. The lowest BCUT2D eigenvalue weighted by molar-refractivity contribution is -0.141. The molecule has 0 spiro atoms. The zero-order chi connectivity index (χ0) is 16.7. The highest BCUT2D eigenvalue weighted by Gasteiger charge is 2.37. The van der Waals surface area contributed by atoms with Gasteiger partial charge in [-0.2, -0.15) is 13.2 Å². The molecule has 3 rings (SSSR count). The van der Waals surface area contributed by atoms with Gasteiger partial charge in [0.2, 0.25) is 10.0 Å². The highest BCUT2D eigenvalue weighted by molar-refractivity contribution is 7.90. The van der Waals surface area contributed by atoms with E-state index in [9.17, 15) is 21.6 Å². The number of sulfonamides is 1. The van der Waals surface area contributed by atoms with Gasteiger partial charge in [-0.1, -0.05) is 6.07 Å². The summed E-state index contributed by atoms with van der Waals surface area (Å²) in [7, 11) is -3.23. The van der Waals surface area contributed by atoms with Gasteiger partial charge in [0.05, 0.1) is 5.25 Å². The van der Waals surface area contributed by atoms with Gasteiger partial charge >= 0.3 is 6.18 Å². The molecule has 0 unspecified atom stereocenters. The first-order chi connectivity index (χ1) is 10.8. The van der Waals surface area contributed by atoms with Crippen LogP contribution in [0, 0.1) is 0 Å². The Hall–Kier alpha value is -1.35. The maximum atomic E-state index is 12.7. The topological polar surface area (TPSA) is 62.3 Å². The van der Waals surface area contributed by atoms with Gasteiger partial charge in [-0.25, -0.2) is 18.1 Å². The number of halogens is 3. The lowest BCUT2D eigenvalue weighted by Crippen LogP contribution is -2.45. The molecular formula is C14H18F3N3O2S. The third kappa shape index (κ3) is 3.95. The Balaban J connectivity index is 1.61. The van der Waals surface area contributed by atoms with Crippen LogP contribution in [0.15, 0.2) is 18.2 Å². The molecule has 1 saturated carbocycles. The summed E-state index contributed by atoms with van der Waals surface area (Å²) in [5.74, 6) is 0.281. The van der Waals surface area contributed by atoms with Crippen molar-refractivity contribution in [2.45, 2.75) is 43.2 Å². The number of hydrogen-bond acceptors (Lipinski definition) is 4. The Morgan fingerprint density at radius 1 is 1.13 bits per heavy atom. The number of anilines is 1. The van der Waals surface area contributed by atoms with Crippen LogP contribution in [0.3, 0.4) is 0 Å². The number of alkyl halides is 3. The van der Waals surface area contributed by atoms with E-state index in [1.54, 1.807) is 11.0 Å². The predicted octanol–water partition coefficient (Wildman–Crippen LogP) is 2.15. The molecule has 0 aromatic carbocycles. The highest BCUT2D eigenvalue weighted by atomic mass is 32.2. The maximum absolute atomic E-state index is 12.7. The number of nitrogens with one attached hydrogen (secondary N) is 1. The molecule has 2 aliphatic rings. The number of nitrogens with zero attached hydrogens (tertiary/aromatic N) is 2. The van der Waals surface area contributed by atoms with Gasteiger partial charge in [-0.05, 0) is 37.8 Å². The van der Waals surface area contributed by atoms with E-state index in [1.807, 2.05) is 0 Å². The zero-order valence-electron chi connectivity index (χ0n) is 12.4. The van der Waals surface area contributed by atoms with Crippen LogP contribution in [0.25, 0.3) is 0 Å². The molecule has 2 heterocycles. The number of hydrogen-bond donors (Lipinski definition) is 1. The minimum Gasteiger partial charge on any atom is -0.356 e. The first-order valence-corrected chi connectivity index (χ1v) is 9.11. The summed E-state index contributed by atoms with van der Waals surface area (Å²) >= 11 is 0. The van der Waals surface area contributed by atoms with E-state index < -0.39 is 21.9 Å². The normalized spacial score (nSPS) is 20.7. The average molecular weight is 349 g/mol. The third-order valence-corrected chi connectivity index (χ3v) is 6.15. The first kappa shape index (κ1) is 16.5. The number of pyridine rings is 1. The van der Waals surface area contributed by atoms with Crippen molar-refractivity contribution in [1.82, 2.24) is 9.71 Å². The smallest absolute Gasteiger partial charge is 0.356 e. The van der Waals surface area contributed by atoms with Gasteiger partial charge in [0, 0.05) is 19.1 Å². The van der Waals surface area contributed by atoms with Crippen LogP contribution < -0.4 is 9.62 Å². The zero-order valence-corrected chi connectivity index (χ0v) is 13.2. The molecule has 1 aromatic heterocycles. The van der Waals surface area contributed by atoms with E-state index in [0.717, 1.165) is 6.07 Å². The molecule has 0 atom stereocenters. The molecule has 128 valence electrons. The van der Waals surface area contributed by atoms with Crippen molar-refractivity contribution in [2.75, 3.05) is 18.0 Å². The van der Waals surface area contributed by atoms with Crippen molar-refractivity contribution >= 4 is 15.8 Å². The molecule has 9 heteroatoms. The molecule has 23 heavy (non-hydrogen) atoms. The predicted molar refractivity (Wildman–Crippen MR) is 79.6 cm³/mol. The third-order valence-electron chi connectivity index (χ3n) is 4.14. The summed E-state index contributed by atoms with van der Waals surface area (Å²) in [6.07, 6.45) is -1.92. The number of aromatic nitrogens is 1. The van der Waals surface area contributed by atoms with Crippen molar-refractivity contribution < 1.29 is 21.6 Å². The molecule has 0 radical (unpaired) electrons. The van der Waals surface area contributed by atoms with Crippen molar-refractivity contribution in [1.29, 1.82) is 0 Å². The lowest BCUT2D eigenvalue weighted by Gasteiger charge is -2.33. The molecular weight excluding hydrogens is 331 g/mol. The Labute approximate surface area is 132 Å². The van der Waals surface area contributed by atoms with Gasteiger partial charge in [0.1, 0.15) is 11.5 Å². The largest absolute Gasteiger partial charge is 0.433 e. The summed E-state index contributed by atoms with van der Waals surface area (Å²) in [6.45, 7) is 0.957. The van der Waals surface area contributed by atoms with E-state index in [1.165, 1.54) is 6.07 Å². The molecule has 1 N–H and O–H groups in total. The summed E-state index contributed by atoms with van der Waals surface area (Å²) in [5, 5.41) is -0.259. The van der Waals surface area contributed by atoms with E-state index in [4.69, 9.17) is 0 Å². The second-order valence-corrected chi connectivity index (χ2v) is 7.99. The Kier molecular flexibility index (Phi) is 4.26. The second-order valence-electron chi connectivity index (χ2n) is 6.00. The maximum Gasteiger partial charge on any atom is 0.433 e. The summed E-state index contributed by atoms with van der Waals surface area (Å²) < 4.78 is 64.6. The van der Waals surface area contributed by atoms with Gasteiger partial charge in [-0.15, -0.1) is 0 Å².